The van der Waals surface area contributed by atoms with Crippen molar-refractivity contribution in [2.24, 2.45) is 11.8 Å². The van der Waals surface area contributed by atoms with E-state index >= 15 is 0 Å². The lowest BCUT2D eigenvalue weighted by Crippen LogP contribution is -2.42. The molecule has 2 aliphatic rings. The summed E-state index contributed by atoms with van der Waals surface area (Å²) in [7, 11) is 1.59. The van der Waals surface area contributed by atoms with Crippen molar-refractivity contribution in [3.8, 4) is 17.0 Å². The van der Waals surface area contributed by atoms with Crippen molar-refractivity contribution < 1.29 is 13.9 Å². The molecule has 7 nitrogen and oxygen atoms in total. The molecule has 34 heavy (non-hydrogen) atoms. The number of nitrogens with zero attached hydrogens (tertiary/aromatic N) is 3. The minimum Gasteiger partial charge on any atom is -0.481 e. The maximum Gasteiger partial charge on any atom is 0.295 e. The molecule has 172 valence electrons. The highest BCUT2D eigenvalue weighted by Gasteiger charge is 2.54. The average Bonchev–Trinajstić information content (AvgIpc) is 3.35. The molecular formula is C27H26N4O3. The summed E-state index contributed by atoms with van der Waals surface area (Å²) in [5.41, 5.74) is 5.13. The van der Waals surface area contributed by atoms with Crippen LogP contribution < -0.4 is 10.1 Å². The van der Waals surface area contributed by atoms with Crippen LogP contribution in [0.3, 0.4) is 0 Å². The van der Waals surface area contributed by atoms with Gasteiger partial charge in [0, 0.05) is 36.5 Å². The second-order valence-electron chi connectivity index (χ2n) is 9.19. The van der Waals surface area contributed by atoms with Gasteiger partial charge in [-0.05, 0) is 55.0 Å². The van der Waals surface area contributed by atoms with Crippen molar-refractivity contribution in [3.05, 3.63) is 71.9 Å². The van der Waals surface area contributed by atoms with Crippen LogP contribution in [0.1, 0.15) is 22.3 Å². The van der Waals surface area contributed by atoms with Gasteiger partial charge >= 0.3 is 0 Å². The summed E-state index contributed by atoms with van der Waals surface area (Å²) in [5, 5.41) is 3.34. The summed E-state index contributed by atoms with van der Waals surface area (Å²) < 4.78 is 11.0. The van der Waals surface area contributed by atoms with Gasteiger partial charge in [-0.2, -0.15) is 4.98 Å². The summed E-state index contributed by atoms with van der Waals surface area (Å²) >= 11 is 0. The number of amides is 1. The zero-order chi connectivity index (χ0) is 23.2. The lowest BCUT2D eigenvalue weighted by Gasteiger charge is -2.28. The number of fused-ring (bicyclic) bond motifs is 2. The van der Waals surface area contributed by atoms with Crippen LogP contribution in [-0.2, 0) is 0 Å². The number of hydrogen-bond donors (Lipinski definition) is 1. The van der Waals surface area contributed by atoms with E-state index in [0.29, 0.717) is 35.8 Å². The molecule has 2 fully saturated rings. The zero-order valence-electron chi connectivity index (χ0n) is 19.2. The Labute approximate surface area is 197 Å². The van der Waals surface area contributed by atoms with Gasteiger partial charge in [-0.3, -0.25) is 4.79 Å². The molecule has 2 aromatic carbocycles. The van der Waals surface area contributed by atoms with E-state index < -0.39 is 0 Å². The third-order valence-corrected chi connectivity index (χ3v) is 6.98. The average molecular weight is 455 g/mol. The van der Waals surface area contributed by atoms with E-state index in [0.717, 1.165) is 34.3 Å². The lowest BCUT2D eigenvalue weighted by atomic mass is 9.97. The highest BCUT2D eigenvalue weighted by Crippen LogP contribution is 2.50. The highest BCUT2D eigenvalue weighted by atomic mass is 16.5. The second-order valence-corrected chi connectivity index (χ2v) is 9.19. The first-order valence-corrected chi connectivity index (χ1v) is 11.6. The van der Waals surface area contributed by atoms with Crippen LogP contribution in [0.15, 0.2) is 65.2 Å². The number of benzene rings is 2. The molecule has 1 aliphatic carbocycles. The quantitative estimate of drug-likeness (QED) is 0.452. The monoisotopic (exact) mass is 454 g/mol. The third kappa shape index (κ3) is 3.67. The van der Waals surface area contributed by atoms with E-state index in [9.17, 15) is 4.79 Å². The van der Waals surface area contributed by atoms with E-state index in [1.165, 1.54) is 6.42 Å². The fraction of sp³-hybridized carbons (Fsp3) is 0.296. The Morgan fingerprint density at radius 1 is 1.21 bits per heavy atom. The standard InChI is InChI=1S/C27H26N4O3/c1-16-7-9-19(17-8-10-25(33-2)28-13-17)21(11-16)26(32)31-15-18-12-20(18)23(31)14-29-27-30-22-5-3-4-6-24(22)34-27/h3-11,13,18,20,23H,12,14-15H2,1-2H3,(H,29,30)/t18-,20-,23-/m1/s1. The Balaban J connectivity index is 1.26. The number of rotatable bonds is 6. The van der Waals surface area contributed by atoms with E-state index in [1.807, 2.05) is 66.4 Å². The summed E-state index contributed by atoms with van der Waals surface area (Å²) in [6.45, 7) is 3.42. The maximum absolute atomic E-state index is 13.9. The number of oxazole rings is 1. The van der Waals surface area contributed by atoms with Crippen molar-refractivity contribution in [2.75, 3.05) is 25.5 Å². The van der Waals surface area contributed by atoms with Gasteiger partial charge in [0.15, 0.2) is 5.58 Å². The molecule has 0 bridgehead atoms. The molecule has 1 N–H and O–H groups in total. The summed E-state index contributed by atoms with van der Waals surface area (Å²) in [6, 6.07) is 18.1. The van der Waals surface area contributed by atoms with Crippen LogP contribution in [0.2, 0.25) is 0 Å². The Kier molecular flexibility index (Phi) is 4.98. The smallest absolute Gasteiger partial charge is 0.295 e. The van der Waals surface area contributed by atoms with Crippen molar-refractivity contribution in [1.29, 1.82) is 0 Å². The van der Waals surface area contributed by atoms with Crippen molar-refractivity contribution in [2.45, 2.75) is 19.4 Å². The molecule has 2 aromatic heterocycles. The van der Waals surface area contributed by atoms with E-state index in [1.54, 1.807) is 13.3 Å². The molecule has 4 aromatic rings. The first kappa shape index (κ1) is 20.7. The Morgan fingerprint density at radius 3 is 2.88 bits per heavy atom. The number of aryl methyl sites for hydroxylation is 1. The number of para-hydroxylation sites is 2. The predicted molar refractivity (Wildman–Crippen MR) is 130 cm³/mol. The number of aromatic nitrogens is 2. The van der Waals surface area contributed by atoms with Gasteiger partial charge in [-0.1, -0.05) is 29.8 Å². The Hall–Kier alpha value is -3.87. The van der Waals surface area contributed by atoms with E-state index in [2.05, 4.69) is 15.3 Å². The molecule has 1 saturated carbocycles. The van der Waals surface area contributed by atoms with Gasteiger partial charge in [-0.25, -0.2) is 4.98 Å². The fourth-order valence-corrected chi connectivity index (χ4v) is 5.11. The van der Waals surface area contributed by atoms with Crippen molar-refractivity contribution in [3.63, 3.8) is 0 Å². The van der Waals surface area contributed by atoms with Crippen LogP contribution in [-0.4, -0.2) is 47.0 Å². The summed E-state index contributed by atoms with van der Waals surface area (Å²) in [4.78, 5) is 24.7. The Bertz CT molecular complexity index is 1330. The molecule has 3 heterocycles. The zero-order valence-corrected chi connectivity index (χ0v) is 19.2. The first-order valence-electron chi connectivity index (χ1n) is 11.6. The molecule has 0 radical (unpaired) electrons. The van der Waals surface area contributed by atoms with Gasteiger partial charge < -0.3 is 19.4 Å². The molecule has 0 unspecified atom stereocenters. The van der Waals surface area contributed by atoms with E-state index in [4.69, 9.17) is 9.15 Å². The number of ether oxygens (including phenoxy) is 1. The predicted octanol–water partition coefficient (Wildman–Crippen LogP) is 4.78. The summed E-state index contributed by atoms with van der Waals surface area (Å²) in [6.07, 6.45) is 2.93. The molecule has 1 saturated heterocycles. The topological polar surface area (TPSA) is 80.5 Å². The largest absolute Gasteiger partial charge is 0.481 e. The van der Waals surface area contributed by atoms with Gasteiger partial charge in [-0.15, -0.1) is 0 Å². The number of hydrogen-bond acceptors (Lipinski definition) is 6. The number of pyridine rings is 1. The van der Waals surface area contributed by atoms with Crippen LogP contribution >= 0.6 is 0 Å². The number of carbonyl (C=O) groups is 1. The number of likely N-dealkylation sites (tertiary alicyclic amines) is 1. The number of methoxy groups -OCH3 is 1. The molecule has 1 aliphatic heterocycles. The second kappa shape index (κ2) is 8.17. The lowest BCUT2D eigenvalue weighted by molar-refractivity contribution is 0.0715. The molecule has 3 atom stereocenters. The minimum atomic E-state index is 0.0612. The normalized spacial score (nSPS) is 20.9. The first-order chi connectivity index (χ1) is 16.6. The highest BCUT2D eigenvalue weighted by molar-refractivity contribution is 6.01. The van der Waals surface area contributed by atoms with Gasteiger partial charge in [0.1, 0.15) is 5.52 Å². The SMILES string of the molecule is COc1ccc(-c2ccc(C)cc2C(=O)N2C[C@H]3C[C@H]3[C@H]2CNc2nc3ccccc3o2)cn1. The minimum absolute atomic E-state index is 0.0612. The summed E-state index contributed by atoms with van der Waals surface area (Å²) in [5.74, 6) is 1.71. The molecule has 7 heteroatoms. The molecule has 6 rings (SSSR count). The van der Waals surface area contributed by atoms with Crippen LogP contribution in [0.25, 0.3) is 22.2 Å². The fourth-order valence-electron chi connectivity index (χ4n) is 5.11. The number of anilines is 1. The van der Waals surface area contributed by atoms with Crippen molar-refractivity contribution in [1.82, 2.24) is 14.9 Å². The molecule has 0 spiro atoms. The molecular weight excluding hydrogens is 428 g/mol. The van der Waals surface area contributed by atoms with Gasteiger partial charge in [0.2, 0.25) is 5.88 Å². The third-order valence-electron chi connectivity index (χ3n) is 6.98. The van der Waals surface area contributed by atoms with Gasteiger partial charge in [0.25, 0.3) is 11.9 Å². The number of piperidine rings is 1. The van der Waals surface area contributed by atoms with E-state index in [-0.39, 0.29) is 11.9 Å². The van der Waals surface area contributed by atoms with Crippen LogP contribution in [0.5, 0.6) is 5.88 Å². The van der Waals surface area contributed by atoms with Crippen LogP contribution in [0, 0.1) is 18.8 Å². The van der Waals surface area contributed by atoms with Gasteiger partial charge in [0.05, 0.1) is 13.2 Å². The maximum atomic E-state index is 13.9. The number of nitrogens with one attached hydrogen (secondary N) is 1. The Morgan fingerprint density at radius 2 is 2.09 bits per heavy atom. The van der Waals surface area contributed by atoms with Crippen molar-refractivity contribution >= 4 is 23.0 Å². The number of carbonyl (C=O) groups excluding carboxylic acids is 1. The van der Waals surface area contributed by atoms with Crippen LogP contribution in [0.4, 0.5) is 6.01 Å². The molecule has 1 amide bonds.